The molecule has 2 N–H and O–H groups in total. The van der Waals surface area contributed by atoms with Crippen molar-refractivity contribution < 1.29 is 9.69 Å². The molecule has 0 radical (unpaired) electrons. The first-order valence-corrected chi connectivity index (χ1v) is 8.90. The second-order valence-electron chi connectivity index (χ2n) is 6.93. The van der Waals surface area contributed by atoms with Crippen LogP contribution in [0.1, 0.15) is 37.7 Å². The molecule has 1 aliphatic heterocycles. The lowest BCUT2D eigenvalue weighted by Gasteiger charge is -2.38. The first kappa shape index (κ1) is 15.8. The smallest absolute Gasteiger partial charge is 0.279 e. The van der Waals surface area contributed by atoms with E-state index in [9.17, 15) is 4.79 Å². The van der Waals surface area contributed by atoms with Gasteiger partial charge in [0, 0.05) is 16.6 Å². The Hall–Kier alpha value is -1.06. The number of likely N-dealkylation sites (tertiary alicyclic amines) is 1. The van der Waals surface area contributed by atoms with E-state index in [4.69, 9.17) is 11.6 Å². The quantitative estimate of drug-likeness (QED) is 0.881. The van der Waals surface area contributed by atoms with Crippen LogP contribution in [0.25, 0.3) is 0 Å². The van der Waals surface area contributed by atoms with E-state index >= 15 is 0 Å². The lowest BCUT2D eigenvalue weighted by molar-refractivity contribution is -0.902. The number of fused-ring (bicyclic) bond motifs is 1. The lowest BCUT2D eigenvalue weighted by Crippen LogP contribution is -3.15. The van der Waals surface area contributed by atoms with Gasteiger partial charge in [0.1, 0.15) is 0 Å². The summed E-state index contributed by atoms with van der Waals surface area (Å²) in [6.07, 6.45) is 6.85. The molecule has 2 fully saturated rings. The third kappa shape index (κ3) is 3.64. The molecule has 3 atom stereocenters. The van der Waals surface area contributed by atoms with Crippen molar-refractivity contribution in [3.8, 4) is 0 Å². The summed E-state index contributed by atoms with van der Waals surface area (Å²) in [6.45, 7) is 4.84. The molecule has 1 saturated heterocycles. The molecule has 1 unspecified atom stereocenters. The zero-order valence-electron chi connectivity index (χ0n) is 13.3. The number of anilines is 1. The van der Waals surface area contributed by atoms with E-state index in [1.54, 1.807) is 0 Å². The predicted molar refractivity (Wildman–Crippen MR) is 90.4 cm³/mol. The number of piperidine rings is 1. The summed E-state index contributed by atoms with van der Waals surface area (Å²) in [5, 5.41) is 3.73. The monoisotopic (exact) mass is 321 g/mol. The number of hydrogen-bond acceptors (Lipinski definition) is 1. The van der Waals surface area contributed by atoms with E-state index in [2.05, 4.69) is 5.32 Å². The highest BCUT2D eigenvalue weighted by Crippen LogP contribution is 2.32. The first-order valence-electron chi connectivity index (χ1n) is 8.52. The molecule has 22 heavy (non-hydrogen) atoms. The number of carbonyl (C=O) groups excluding carboxylic acids is 1. The molecule has 0 bridgehead atoms. The van der Waals surface area contributed by atoms with Crippen LogP contribution in [0, 0.1) is 18.8 Å². The zero-order chi connectivity index (χ0) is 15.5. The molecule has 3 rings (SSSR count). The number of nitrogens with one attached hydrogen (secondary N) is 2. The molecule has 3 nitrogen and oxygen atoms in total. The summed E-state index contributed by atoms with van der Waals surface area (Å²) in [5.74, 6) is 1.88. The average Bonchev–Trinajstić information content (AvgIpc) is 2.52. The molecule has 1 heterocycles. The largest absolute Gasteiger partial charge is 0.327 e. The lowest BCUT2D eigenvalue weighted by atomic mass is 9.75. The highest BCUT2D eigenvalue weighted by Gasteiger charge is 2.34. The molecule has 1 saturated carbocycles. The number of benzene rings is 1. The van der Waals surface area contributed by atoms with Crippen molar-refractivity contribution in [2.24, 2.45) is 11.8 Å². The molecule has 4 heteroatoms. The molecule has 120 valence electrons. The Bertz CT molecular complexity index is 546. The third-order valence-electron chi connectivity index (χ3n) is 5.44. The number of halogens is 1. The van der Waals surface area contributed by atoms with Crippen molar-refractivity contribution in [1.82, 2.24) is 0 Å². The zero-order valence-corrected chi connectivity index (χ0v) is 14.1. The van der Waals surface area contributed by atoms with Gasteiger partial charge in [-0.05, 0) is 49.8 Å². The molecule has 0 spiro atoms. The number of carbonyl (C=O) groups is 1. The fourth-order valence-electron chi connectivity index (χ4n) is 4.12. The van der Waals surface area contributed by atoms with Gasteiger partial charge in [0.15, 0.2) is 6.54 Å². The van der Waals surface area contributed by atoms with Crippen molar-refractivity contribution in [3.05, 3.63) is 28.8 Å². The number of quaternary nitrogens is 1. The van der Waals surface area contributed by atoms with Gasteiger partial charge in [-0.1, -0.05) is 30.5 Å². The van der Waals surface area contributed by atoms with E-state index in [-0.39, 0.29) is 5.91 Å². The summed E-state index contributed by atoms with van der Waals surface area (Å²) in [4.78, 5) is 13.8. The fourth-order valence-corrected chi connectivity index (χ4v) is 4.30. The standard InChI is InChI=1S/C18H25ClN2O/c1-13-16(19)7-4-8-17(13)20-18(22)12-21-10-9-14-5-2-3-6-15(14)11-21/h4,7-8,14-15H,2-3,5-6,9-12H2,1H3,(H,20,22)/p+1/t14-,15-/m1/s1. The molecular formula is C18H26ClN2O+. The minimum atomic E-state index is 0.106. The Kier molecular flexibility index (Phi) is 5.04. The second kappa shape index (κ2) is 7.01. The van der Waals surface area contributed by atoms with Gasteiger partial charge in [-0.2, -0.15) is 0 Å². The van der Waals surface area contributed by atoms with Gasteiger partial charge in [0.2, 0.25) is 0 Å². The van der Waals surface area contributed by atoms with Gasteiger partial charge in [0.05, 0.1) is 13.1 Å². The molecule has 1 aromatic rings. The van der Waals surface area contributed by atoms with Crippen LogP contribution < -0.4 is 10.2 Å². The summed E-state index contributed by atoms with van der Waals surface area (Å²) in [7, 11) is 0. The van der Waals surface area contributed by atoms with Crippen LogP contribution in [0.5, 0.6) is 0 Å². The Labute approximate surface area is 138 Å². The average molecular weight is 322 g/mol. The summed E-state index contributed by atoms with van der Waals surface area (Å²) < 4.78 is 0. The minimum absolute atomic E-state index is 0.106. The van der Waals surface area contributed by atoms with Crippen LogP contribution in [-0.2, 0) is 4.79 Å². The van der Waals surface area contributed by atoms with Gasteiger partial charge < -0.3 is 10.2 Å². The molecule has 1 amide bonds. The van der Waals surface area contributed by atoms with Crippen molar-refractivity contribution in [2.75, 3.05) is 25.0 Å². The van der Waals surface area contributed by atoms with E-state index in [0.717, 1.165) is 29.6 Å². The van der Waals surface area contributed by atoms with Gasteiger partial charge in [-0.25, -0.2) is 0 Å². The summed E-state index contributed by atoms with van der Waals surface area (Å²) in [6, 6.07) is 5.65. The van der Waals surface area contributed by atoms with Crippen LogP contribution in [0.15, 0.2) is 18.2 Å². The van der Waals surface area contributed by atoms with E-state index < -0.39 is 0 Å². The molecule has 2 aliphatic rings. The van der Waals surface area contributed by atoms with Crippen molar-refractivity contribution >= 4 is 23.2 Å². The highest BCUT2D eigenvalue weighted by molar-refractivity contribution is 6.31. The SMILES string of the molecule is Cc1c(Cl)cccc1NC(=O)C[NH+]1CC[C@H]2CCCC[C@@H]2C1. The maximum absolute atomic E-state index is 12.3. The first-order chi connectivity index (χ1) is 10.6. The Morgan fingerprint density at radius 2 is 2.05 bits per heavy atom. The van der Waals surface area contributed by atoms with Crippen LogP contribution in [0.3, 0.4) is 0 Å². The maximum Gasteiger partial charge on any atom is 0.279 e. The van der Waals surface area contributed by atoms with E-state index in [0.29, 0.717) is 11.6 Å². The topological polar surface area (TPSA) is 33.5 Å². The third-order valence-corrected chi connectivity index (χ3v) is 5.85. The van der Waals surface area contributed by atoms with Crippen LogP contribution in [0.2, 0.25) is 5.02 Å². The molecule has 0 aromatic heterocycles. The van der Waals surface area contributed by atoms with E-state index in [1.807, 2.05) is 25.1 Å². The Balaban J connectivity index is 1.54. The molecular weight excluding hydrogens is 296 g/mol. The fraction of sp³-hybridized carbons (Fsp3) is 0.611. The normalized spacial score (nSPS) is 28.0. The minimum Gasteiger partial charge on any atom is -0.327 e. The van der Waals surface area contributed by atoms with Crippen molar-refractivity contribution in [2.45, 2.75) is 39.0 Å². The van der Waals surface area contributed by atoms with E-state index in [1.165, 1.54) is 43.5 Å². The van der Waals surface area contributed by atoms with Crippen LogP contribution in [-0.4, -0.2) is 25.5 Å². The second-order valence-corrected chi connectivity index (χ2v) is 7.34. The van der Waals surface area contributed by atoms with Crippen molar-refractivity contribution in [1.29, 1.82) is 0 Å². The van der Waals surface area contributed by atoms with Gasteiger partial charge in [-0.3, -0.25) is 4.79 Å². The number of amides is 1. The number of rotatable bonds is 3. The van der Waals surface area contributed by atoms with Crippen LogP contribution >= 0.6 is 11.6 Å². The van der Waals surface area contributed by atoms with Gasteiger partial charge >= 0.3 is 0 Å². The number of hydrogen-bond donors (Lipinski definition) is 2. The summed E-state index contributed by atoms with van der Waals surface area (Å²) >= 11 is 6.11. The molecule has 1 aromatic carbocycles. The Morgan fingerprint density at radius 1 is 1.27 bits per heavy atom. The predicted octanol–water partition coefficient (Wildman–Crippen LogP) is 2.68. The molecule has 1 aliphatic carbocycles. The van der Waals surface area contributed by atoms with Gasteiger partial charge in [-0.15, -0.1) is 0 Å². The van der Waals surface area contributed by atoms with Crippen molar-refractivity contribution in [3.63, 3.8) is 0 Å². The highest BCUT2D eigenvalue weighted by atomic mass is 35.5. The van der Waals surface area contributed by atoms with Crippen LogP contribution in [0.4, 0.5) is 5.69 Å². The Morgan fingerprint density at radius 3 is 2.86 bits per heavy atom. The maximum atomic E-state index is 12.3. The summed E-state index contributed by atoms with van der Waals surface area (Å²) in [5.41, 5.74) is 1.78. The van der Waals surface area contributed by atoms with Gasteiger partial charge in [0.25, 0.3) is 5.91 Å².